The Balaban J connectivity index is 0. The molecule has 32 valence electrons. The zero-order valence-corrected chi connectivity index (χ0v) is 4.35. The average Bonchev–Trinajstić information content (AvgIpc) is 0.811. The van der Waals surface area contributed by atoms with Crippen molar-refractivity contribution >= 4 is 0 Å². The first-order valence-electron chi connectivity index (χ1n) is 0.500. The molecule has 0 fully saturated rings. The van der Waals surface area contributed by atoms with E-state index in [1.165, 1.54) is 0 Å². The molecule has 0 rings (SSSR count). The molecule has 4 nitrogen and oxygen atoms in total. The van der Waals surface area contributed by atoms with Gasteiger partial charge in [-0.25, -0.2) is 0 Å². The molecule has 0 aliphatic rings. The summed E-state index contributed by atoms with van der Waals surface area (Å²) in [6.45, 7) is 0. The summed E-state index contributed by atoms with van der Waals surface area (Å²) in [5, 5.41) is 0. The Morgan fingerprint density at radius 2 is 1.00 bits per heavy atom. The van der Waals surface area contributed by atoms with Gasteiger partial charge in [0, 0.05) is 0 Å². The van der Waals surface area contributed by atoms with Crippen LogP contribution in [0.3, 0.4) is 0 Å². The molecule has 0 aliphatic heterocycles. The molecule has 0 saturated heterocycles. The molecular formula is H3MoNO3. The van der Waals surface area contributed by atoms with Crippen molar-refractivity contribution < 1.29 is 27.4 Å². The van der Waals surface area contributed by atoms with Crippen LogP contribution in [0.15, 0.2) is 0 Å². The normalized spacial score (nSPS) is 4.80. The number of hydrogen-bond acceptors (Lipinski definition) is 4. The van der Waals surface area contributed by atoms with Gasteiger partial charge in [0.2, 0.25) is 0 Å². The van der Waals surface area contributed by atoms with Crippen LogP contribution in [0.5, 0.6) is 0 Å². The maximum atomic E-state index is 8.59. The zero-order valence-electron chi connectivity index (χ0n) is 2.34. The summed E-state index contributed by atoms with van der Waals surface area (Å²) in [6, 6.07) is 0. The first kappa shape index (κ1) is 8.90. The third-order valence-corrected chi connectivity index (χ3v) is 0. The predicted molar refractivity (Wildman–Crippen MR) is 7.08 cm³/mol. The van der Waals surface area contributed by atoms with Crippen molar-refractivity contribution in [1.82, 2.24) is 6.15 Å². The van der Waals surface area contributed by atoms with Crippen LogP contribution in [-0.4, -0.2) is 0 Å². The van der Waals surface area contributed by atoms with Crippen molar-refractivity contribution in [1.29, 1.82) is 0 Å². The molecule has 0 unspecified atom stereocenters. The summed E-state index contributed by atoms with van der Waals surface area (Å²) in [5.41, 5.74) is 0. The summed E-state index contributed by atoms with van der Waals surface area (Å²) >= 11 is -4.11. The number of rotatable bonds is 0. The van der Waals surface area contributed by atoms with E-state index in [2.05, 4.69) is 0 Å². The minimum atomic E-state index is -4.11. The topological polar surface area (TPSA) is 86.2 Å². The zero-order chi connectivity index (χ0) is 3.58. The van der Waals surface area contributed by atoms with E-state index in [-0.39, 0.29) is 6.15 Å². The van der Waals surface area contributed by atoms with Gasteiger partial charge in [0.15, 0.2) is 0 Å². The summed E-state index contributed by atoms with van der Waals surface area (Å²) < 4.78 is 25.8. The molecule has 0 radical (unpaired) electrons. The van der Waals surface area contributed by atoms with Crippen molar-refractivity contribution in [2.24, 2.45) is 0 Å². The fourth-order valence-corrected chi connectivity index (χ4v) is 0. The van der Waals surface area contributed by atoms with Gasteiger partial charge in [0.1, 0.15) is 0 Å². The molecule has 0 saturated carbocycles. The molecule has 0 heterocycles. The van der Waals surface area contributed by atoms with Gasteiger partial charge < -0.3 is 6.15 Å². The monoisotopic (exact) mass is 163 g/mol. The minimum absolute atomic E-state index is 0. The van der Waals surface area contributed by atoms with Crippen LogP contribution in [-0.2, 0) is 27.4 Å². The van der Waals surface area contributed by atoms with Crippen molar-refractivity contribution in [3.8, 4) is 0 Å². The number of hydrogen-bond donors (Lipinski definition) is 1. The average molecular weight is 161 g/mol. The molecule has 3 N–H and O–H groups in total. The fraction of sp³-hybridized carbons (Fsp3) is 0. The summed E-state index contributed by atoms with van der Waals surface area (Å²) in [7, 11) is 0. The molecule has 0 amide bonds. The van der Waals surface area contributed by atoms with Gasteiger partial charge in [0.25, 0.3) is 0 Å². The van der Waals surface area contributed by atoms with Crippen LogP contribution in [0.1, 0.15) is 0 Å². The van der Waals surface area contributed by atoms with E-state index in [4.69, 9.17) is 10.2 Å². The second-order valence-electron chi connectivity index (χ2n) is 0.204. The van der Waals surface area contributed by atoms with E-state index in [0.717, 1.165) is 0 Å². The fourth-order valence-electron chi connectivity index (χ4n) is 0. The molecule has 5 heavy (non-hydrogen) atoms. The predicted octanol–water partition coefficient (Wildman–Crippen LogP) is -0.197. The third-order valence-electron chi connectivity index (χ3n) is 0. The molecule has 0 aromatic carbocycles. The van der Waals surface area contributed by atoms with Crippen LogP contribution in [0.2, 0.25) is 0 Å². The van der Waals surface area contributed by atoms with Crippen LogP contribution in [0.4, 0.5) is 0 Å². The Morgan fingerprint density at radius 1 is 1.00 bits per heavy atom. The first-order valence-corrected chi connectivity index (χ1v) is 2.96. The summed E-state index contributed by atoms with van der Waals surface area (Å²) in [5.74, 6) is 0. The maximum absolute atomic E-state index is 8.59. The van der Waals surface area contributed by atoms with Crippen molar-refractivity contribution in [2.75, 3.05) is 0 Å². The Kier molecular flexibility index (Phi) is 7.21. The van der Waals surface area contributed by atoms with Crippen molar-refractivity contribution in [2.45, 2.75) is 0 Å². The van der Waals surface area contributed by atoms with Gasteiger partial charge in [0.05, 0.1) is 0 Å². The van der Waals surface area contributed by atoms with Gasteiger partial charge in [-0.3, -0.25) is 0 Å². The second-order valence-corrected chi connectivity index (χ2v) is 1.21. The van der Waals surface area contributed by atoms with Gasteiger partial charge in [-0.15, -0.1) is 0 Å². The van der Waals surface area contributed by atoms with Crippen molar-refractivity contribution in [3.05, 3.63) is 0 Å². The van der Waals surface area contributed by atoms with Crippen LogP contribution < -0.4 is 6.15 Å². The molecule has 0 spiro atoms. The summed E-state index contributed by atoms with van der Waals surface area (Å²) in [4.78, 5) is 0. The standard InChI is InChI=1S/Mo.H3N.3O/h;1H3;;;. The van der Waals surface area contributed by atoms with Crippen LogP contribution in [0, 0.1) is 0 Å². The van der Waals surface area contributed by atoms with Gasteiger partial charge in [-0.1, -0.05) is 0 Å². The van der Waals surface area contributed by atoms with E-state index in [1.807, 2.05) is 0 Å². The Hall–Kier alpha value is 0.0483. The van der Waals surface area contributed by atoms with Crippen LogP contribution >= 0.6 is 0 Å². The van der Waals surface area contributed by atoms with Gasteiger partial charge in [-0.05, 0) is 0 Å². The Morgan fingerprint density at radius 3 is 1.00 bits per heavy atom. The molecule has 0 atom stereocenters. The second kappa shape index (κ2) is 4.05. The van der Waals surface area contributed by atoms with E-state index in [1.54, 1.807) is 0 Å². The molecule has 0 aromatic heterocycles. The summed E-state index contributed by atoms with van der Waals surface area (Å²) in [6.07, 6.45) is 0. The van der Waals surface area contributed by atoms with E-state index >= 15 is 0 Å². The van der Waals surface area contributed by atoms with Gasteiger partial charge in [-0.2, -0.15) is 0 Å². The molecule has 0 bridgehead atoms. The quantitative estimate of drug-likeness (QED) is 0.498. The van der Waals surface area contributed by atoms with Crippen LogP contribution in [0.25, 0.3) is 0 Å². The van der Waals surface area contributed by atoms with E-state index < -0.39 is 17.2 Å². The molecule has 5 heteroatoms. The Bertz CT molecular complexity index is 76.3. The molecule has 0 aromatic rings. The van der Waals surface area contributed by atoms with Crippen molar-refractivity contribution in [3.63, 3.8) is 0 Å². The first-order chi connectivity index (χ1) is 1.73. The molecular weight excluding hydrogens is 158 g/mol. The van der Waals surface area contributed by atoms with E-state index in [9.17, 15) is 0 Å². The van der Waals surface area contributed by atoms with Gasteiger partial charge >= 0.3 is 27.4 Å². The third kappa shape index (κ3) is 7280. The Labute approximate surface area is 34.2 Å². The molecule has 0 aliphatic carbocycles. The van der Waals surface area contributed by atoms with E-state index in [0.29, 0.717) is 0 Å². The SMILES string of the molecule is N.[O]=[Mo](=[O])=[O].